The van der Waals surface area contributed by atoms with E-state index in [4.69, 9.17) is 4.42 Å². The van der Waals surface area contributed by atoms with E-state index in [0.717, 1.165) is 28.3 Å². The van der Waals surface area contributed by atoms with Crippen LogP contribution in [0.1, 0.15) is 11.5 Å². The van der Waals surface area contributed by atoms with Gasteiger partial charge in [0.1, 0.15) is 5.52 Å². The molecule has 1 atom stereocenters. The van der Waals surface area contributed by atoms with Crippen molar-refractivity contribution in [3.8, 4) is 0 Å². The monoisotopic (exact) mass is 327 g/mol. The first-order valence-corrected chi connectivity index (χ1v) is 7.83. The molecule has 1 aromatic carbocycles. The number of para-hydroxylation sites is 1. The Balaban J connectivity index is 0.00000161. The summed E-state index contributed by atoms with van der Waals surface area (Å²) in [7, 11) is 0. The summed E-state index contributed by atoms with van der Waals surface area (Å²) in [6, 6.07) is 5.82. The summed E-state index contributed by atoms with van der Waals surface area (Å²) in [6.07, 6.45) is 0.611. The molecular formula is C14H18ClN3O2S. The lowest BCUT2D eigenvalue weighted by Gasteiger charge is -2.09. The molecule has 21 heavy (non-hydrogen) atoms. The second-order valence-electron chi connectivity index (χ2n) is 4.84. The summed E-state index contributed by atoms with van der Waals surface area (Å²) in [6.45, 7) is 2.56. The fraction of sp³-hybridized carbons (Fsp3) is 0.429. The lowest BCUT2D eigenvalue weighted by atomic mass is 10.2. The van der Waals surface area contributed by atoms with Gasteiger partial charge in [0.2, 0.25) is 5.91 Å². The zero-order chi connectivity index (χ0) is 13.9. The van der Waals surface area contributed by atoms with Crippen LogP contribution in [0.2, 0.25) is 0 Å². The number of hydrogen-bond donors (Lipinski definition) is 2. The fourth-order valence-electron chi connectivity index (χ4n) is 2.22. The van der Waals surface area contributed by atoms with Crippen LogP contribution in [0.5, 0.6) is 0 Å². The number of thioether (sulfide) groups is 1. The normalized spacial score (nSPS) is 17.7. The maximum atomic E-state index is 11.8. The van der Waals surface area contributed by atoms with Gasteiger partial charge < -0.3 is 9.73 Å². The van der Waals surface area contributed by atoms with Crippen molar-refractivity contribution < 1.29 is 9.21 Å². The third-order valence-electron chi connectivity index (χ3n) is 3.34. The molecule has 0 spiro atoms. The average Bonchev–Trinajstić information content (AvgIpc) is 3.07. The molecule has 114 valence electrons. The number of rotatable bonds is 4. The minimum Gasteiger partial charge on any atom is -0.441 e. The Morgan fingerprint density at radius 1 is 1.57 bits per heavy atom. The van der Waals surface area contributed by atoms with Gasteiger partial charge in [0.15, 0.2) is 11.5 Å². The summed E-state index contributed by atoms with van der Waals surface area (Å²) in [5.41, 5.74) is 2.82. The van der Waals surface area contributed by atoms with E-state index in [-0.39, 0.29) is 24.4 Å². The van der Waals surface area contributed by atoms with Crippen molar-refractivity contribution in [2.24, 2.45) is 0 Å². The summed E-state index contributed by atoms with van der Waals surface area (Å²) >= 11 is 1.74. The average molecular weight is 328 g/mol. The molecule has 7 heteroatoms. The van der Waals surface area contributed by atoms with E-state index in [1.54, 1.807) is 11.8 Å². The maximum Gasteiger partial charge on any atom is 0.238 e. The smallest absolute Gasteiger partial charge is 0.238 e. The zero-order valence-corrected chi connectivity index (χ0v) is 13.4. The van der Waals surface area contributed by atoms with Crippen LogP contribution in [0.4, 0.5) is 0 Å². The molecule has 5 nitrogen and oxygen atoms in total. The number of aromatic nitrogens is 1. The molecule has 1 fully saturated rings. The van der Waals surface area contributed by atoms with Gasteiger partial charge in [-0.25, -0.2) is 4.98 Å². The fourth-order valence-corrected chi connectivity index (χ4v) is 3.16. The van der Waals surface area contributed by atoms with E-state index >= 15 is 0 Å². The Bertz CT molecular complexity index is 626. The van der Waals surface area contributed by atoms with E-state index < -0.39 is 0 Å². The minimum atomic E-state index is -0.0640. The van der Waals surface area contributed by atoms with Crippen molar-refractivity contribution in [3.63, 3.8) is 0 Å². The summed E-state index contributed by atoms with van der Waals surface area (Å²) in [5.74, 6) is 2.42. The standard InChI is InChI=1S/C14H17N3O2S.ClH/c1-9-3-2-4-11-13(9)17-12(19-11)5-6-15-14(18)10-7-20-8-16-10;/h2-4,10,16H,5-8H2,1H3,(H,15,18);1H/t10-;/m1./s1. The molecule has 1 aliphatic rings. The Morgan fingerprint density at radius 2 is 2.43 bits per heavy atom. The lowest BCUT2D eigenvalue weighted by molar-refractivity contribution is -0.122. The van der Waals surface area contributed by atoms with Crippen LogP contribution in [0.15, 0.2) is 22.6 Å². The molecule has 1 amide bonds. The predicted octanol–water partition coefficient (Wildman–Crippen LogP) is 1.88. The number of carbonyl (C=O) groups is 1. The van der Waals surface area contributed by atoms with Crippen molar-refractivity contribution in [1.82, 2.24) is 15.6 Å². The first kappa shape index (κ1) is 16.1. The Labute approximate surface area is 133 Å². The molecule has 1 aromatic heterocycles. The van der Waals surface area contributed by atoms with Crippen LogP contribution in [0, 0.1) is 6.92 Å². The number of nitrogens with zero attached hydrogens (tertiary/aromatic N) is 1. The van der Waals surface area contributed by atoms with Crippen molar-refractivity contribution in [2.75, 3.05) is 18.2 Å². The van der Waals surface area contributed by atoms with Crippen LogP contribution in [0.25, 0.3) is 11.1 Å². The van der Waals surface area contributed by atoms with Gasteiger partial charge in [-0.1, -0.05) is 12.1 Å². The van der Waals surface area contributed by atoms with Gasteiger partial charge in [-0.3, -0.25) is 10.1 Å². The van der Waals surface area contributed by atoms with Gasteiger partial charge in [0.25, 0.3) is 0 Å². The van der Waals surface area contributed by atoms with Gasteiger partial charge in [0.05, 0.1) is 6.04 Å². The highest BCUT2D eigenvalue weighted by atomic mass is 35.5. The largest absolute Gasteiger partial charge is 0.441 e. The summed E-state index contributed by atoms with van der Waals surface area (Å²) < 4.78 is 5.67. The number of halogens is 1. The van der Waals surface area contributed by atoms with E-state index in [1.807, 2.05) is 25.1 Å². The quantitative estimate of drug-likeness (QED) is 0.897. The highest BCUT2D eigenvalue weighted by molar-refractivity contribution is 7.99. The molecule has 0 radical (unpaired) electrons. The second-order valence-corrected chi connectivity index (χ2v) is 5.87. The summed E-state index contributed by atoms with van der Waals surface area (Å²) in [4.78, 5) is 16.3. The Morgan fingerprint density at radius 3 is 3.14 bits per heavy atom. The number of hydrogen-bond acceptors (Lipinski definition) is 5. The predicted molar refractivity (Wildman–Crippen MR) is 87.0 cm³/mol. The number of fused-ring (bicyclic) bond motifs is 1. The molecule has 3 rings (SSSR count). The SMILES string of the molecule is Cc1cccc2oc(CCNC(=O)[C@H]3CSCN3)nc12.Cl. The first-order valence-electron chi connectivity index (χ1n) is 6.68. The van der Waals surface area contributed by atoms with Crippen molar-refractivity contribution in [1.29, 1.82) is 0 Å². The van der Waals surface area contributed by atoms with Crippen LogP contribution in [-0.4, -0.2) is 35.1 Å². The zero-order valence-electron chi connectivity index (χ0n) is 11.7. The van der Waals surface area contributed by atoms with Gasteiger partial charge in [-0.15, -0.1) is 24.2 Å². The molecule has 1 aliphatic heterocycles. The van der Waals surface area contributed by atoms with Crippen molar-refractivity contribution in [2.45, 2.75) is 19.4 Å². The topological polar surface area (TPSA) is 67.2 Å². The third kappa shape index (κ3) is 3.70. The second kappa shape index (κ2) is 7.15. The lowest BCUT2D eigenvalue weighted by Crippen LogP contribution is -2.42. The Kier molecular flexibility index (Phi) is 5.50. The molecule has 0 bridgehead atoms. The highest BCUT2D eigenvalue weighted by Gasteiger charge is 2.21. The molecule has 0 saturated carbocycles. The number of benzene rings is 1. The molecule has 0 aliphatic carbocycles. The molecule has 2 heterocycles. The van der Waals surface area contributed by atoms with Gasteiger partial charge in [0, 0.05) is 24.6 Å². The minimum absolute atomic E-state index is 0. The maximum absolute atomic E-state index is 11.8. The molecule has 1 saturated heterocycles. The van der Waals surface area contributed by atoms with E-state index in [0.29, 0.717) is 18.9 Å². The number of amides is 1. The number of nitrogens with one attached hydrogen (secondary N) is 2. The third-order valence-corrected chi connectivity index (χ3v) is 4.28. The molecular weight excluding hydrogens is 310 g/mol. The van der Waals surface area contributed by atoms with Crippen molar-refractivity contribution in [3.05, 3.63) is 29.7 Å². The van der Waals surface area contributed by atoms with Gasteiger partial charge in [-0.2, -0.15) is 0 Å². The highest BCUT2D eigenvalue weighted by Crippen LogP contribution is 2.18. The van der Waals surface area contributed by atoms with E-state index in [2.05, 4.69) is 15.6 Å². The Hall–Kier alpha value is -1.24. The van der Waals surface area contributed by atoms with Crippen LogP contribution < -0.4 is 10.6 Å². The molecule has 2 N–H and O–H groups in total. The van der Waals surface area contributed by atoms with Crippen molar-refractivity contribution >= 4 is 41.2 Å². The first-order chi connectivity index (χ1) is 9.74. The number of oxazole rings is 1. The van der Waals surface area contributed by atoms with E-state index in [9.17, 15) is 4.79 Å². The van der Waals surface area contributed by atoms with Gasteiger partial charge in [-0.05, 0) is 18.6 Å². The van der Waals surface area contributed by atoms with Gasteiger partial charge >= 0.3 is 0 Å². The van der Waals surface area contributed by atoms with Crippen LogP contribution in [-0.2, 0) is 11.2 Å². The van der Waals surface area contributed by atoms with E-state index in [1.165, 1.54) is 0 Å². The molecule has 0 unspecified atom stereocenters. The van der Waals surface area contributed by atoms with Crippen LogP contribution in [0.3, 0.4) is 0 Å². The summed E-state index contributed by atoms with van der Waals surface area (Å²) in [5, 5.41) is 6.06. The number of carbonyl (C=O) groups excluding carboxylic acids is 1. The number of aryl methyl sites for hydroxylation is 1. The molecule has 2 aromatic rings. The van der Waals surface area contributed by atoms with Crippen LogP contribution >= 0.6 is 24.2 Å².